The highest BCUT2D eigenvalue weighted by Gasteiger charge is 2.31. The number of amides is 3. The van der Waals surface area contributed by atoms with E-state index in [2.05, 4.69) is 10.6 Å². The first-order chi connectivity index (χ1) is 10.9. The zero-order chi connectivity index (χ0) is 17.0. The number of benzene rings is 1. The minimum Gasteiger partial charge on any atom is -0.394 e. The third-order valence-corrected chi connectivity index (χ3v) is 4.31. The molecule has 126 valence electrons. The molecule has 2 rings (SSSR count). The van der Waals surface area contributed by atoms with Gasteiger partial charge in [0.05, 0.1) is 18.7 Å². The van der Waals surface area contributed by atoms with Gasteiger partial charge in [-0.25, -0.2) is 4.79 Å². The van der Waals surface area contributed by atoms with Crippen LogP contribution in [0.3, 0.4) is 0 Å². The van der Waals surface area contributed by atoms with Crippen LogP contribution in [0, 0.1) is 13.8 Å². The van der Waals surface area contributed by atoms with Crippen LogP contribution in [0.15, 0.2) is 18.2 Å². The van der Waals surface area contributed by atoms with Gasteiger partial charge in [-0.15, -0.1) is 0 Å². The van der Waals surface area contributed by atoms with Gasteiger partial charge in [0.25, 0.3) is 0 Å². The van der Waals surface area contributed by atoms with Crippen molar-refractivity contribution in [2.75, 3.05) is 18.1 Å². The second-order valence-electron chi connectivity index (χ2n) is 6.08. The summed E-state index contributed by atoms with van der Waals surface area (Å²) in [6.07, 6.45) is 0.943. The van der Waals surface area contributed by atoms with Crippen molar-refractivity contribution < 1.29 is 14.7 Å². The maximum Gasteiger partial charge on any atom is 0.315 e. The average Bonchev–Trinajstić information content (AvgIpc) is 2.88. The molecule has 23 heavy (non-hydrogen) atoms. The first-order valence-electron chi connectivity index (χ1n) is 8.00. The molecular formula is C17H25N3O3. The SMILES string of the molecule is CCC(CO)NC(=O)NC1CC(=O)N(c2ccc(C)c(C)c2)C1. The molecule has 1 heterocycles. The van der Waals surface area contributed by atoms with Crippen LogP contribution < -0.4 is 15.5 Å². The highest BCUT2D eigenvalue weighted by Crippen LogP contribution is 2.24. The Morgan fingerprint density at radius 3 is 2.74 bits per heavy atom. The number of urea groups is 1. The van der Waals surface area contributed by atoms with E-state index in [0.717, 1.165) is 11.3 Å². The molecule has 3 N–H and O–H groups in total. The molecular weight excluding hydrogens is 294 g/mol. The second-order valence-corrected chi connectivity index (χ2v) is 6.08. The van der Waals surface area contributed by atoms with Gasteiger partial charge in [-0.05, 0) is 43.5 Å². The molecule has 1 fully saturated rings. The molecule has 0 bridgehead atoms. The molecule has 6 nitrogen and oxygen atoms in total. The van der Waals surface area contributed by atoms with Crippen molar-refractivity contribution >= 4 is 17.6 Å². The number of hydrogen-bond acceptors (Lipinski definition) is 3. The minimum absolute atomic E-state index is 0.00718. The normalized spacial score (nSPS) is 18.9. The van der Waals surface area contributed by atoms with Crippen molar-refractivity contribution in [1.82, 2.24) is 10.6 Å². The number of carbonyl (C=O) groups is 2. The summed E-state index contributed by atoms with van der Waals surface area (Å²) in [4.78, 5) is 25.8. The lowest BCUT2D eigenvalue weighted by Crippen LogP contribution is -2.48. The predicted molar refractivity (Wildman–Crippen MR) is 89.5 cm³/mol. The molecule has 0 saturated carbocycles. The molecule has 1 aliphatic rings. The number of aliphatic hydroxyl groups excluding tert-OH is 1. The van der Waals surface area contributed by atoms with Crippen molar-refractivity contribution in [2.24, 2.45) is 0 Å². The van der Waals surface area contributed by atoms with Gasteiger partial charge in [0.1, 0.15) is 0 Å². The standard InChI is InChI=1S/C17H25N3O3/c1-4-13(10-21)18-17(23)19-14-8-16(22)20(9-14)15-6-5-11(2)12(3)7-15/h5-7,13-14,21H,4,8-10H2,1-3H3,(H2,18,19,23). The summed E-state index contributed by atoms with van der Waals surface area (Å²) in [5, 5.41) is 14.6. The number of anilines is 1. The van der Waals surface area contributed by atoms with Crippen molar-refractivity contribution in [2.45, 2.75) is 45.7 Å². The van der Waals surface area contributed by atoms with Gasteiger partial charge in [-0.2, -0.15) is 0 Å². The monoisotopic (exact) mass is 319 g/mol. The van der Waals surface area contributed by atoms with E-state index in [1.165, 1.54) is 5.56 Å². The minimum atomic E-state index is -0.342. The Bertz CT molecular complexity index is 584. The van der Waals surface area contributed by atoms with Crippen LogP contribution in [0.25, 0.3) is 0 Å². The maximum atomic E-state index is 12.2. The summed E-state index contributed by atoms with van der Waals surface area (Å²) in [5.41, 5.74) is 3.19. The molecule has 3 amide bonds. The molecule has 0 aromatic heterocycles. The van der Waals surface area contributed by atoms with E-state index in [1.54, 1.807) is 4.90 Å². The largest absolute Gasteiger partial charge is 0.394 e. The van der Waals surface area contributed by atoms with Crippen LogP contribution in [0.2, 0.25) is 0 Å². The number of nitrogens with zero attached hydrogens (tertiary/aromatic N) is 1. The molecule has 2 atom stereocenters. The summed E-state index contributed by atoms with van der Waals surface area (Å²) in [6, 6.07) is 5.10. The van der Waals surface area contributed by atoms with E-state index >= 15 is 0 Å². The quantitative estimate of drug-likeness (QED) is 0.769. The second kappa shape index (κ2) is 7.46. The predicted octanol–water partition coefficient (Wildman–Crippen LogP) is 1.48. The van der Waals surface area contributed by atoms with Gasteiger partial charge >= 0.3 is 6.03 Å². The molecule has 1 aromatic rings. The topological polar surface area (TPSA) is 81.7 Å². The molecule has 1 aromatic carbocycles. The molecule has 0 spiro atoms. The molecule has 6 heteroatoms. The molecule has 2 unspecified atom stereocenters. The lowest BCUT2D eigenvalue weighted by molar-refractivity contribution is -0.117. The van der Waals surface area contributed by atoms with E-state index in [-0.39, 0.29) is 37.0 Å². The van der Waals surface area contributed by atoms with Crippen molar-refractivity contribution in [3.8, 4) is 0 Å². The number of aliphatic hydroxyl groups is 1. The van der Waals surface area contributed by atoms with Crippen molar-refractivity contribution in [3.63, 3.8) is 0 Å². The first kappa shape index (κ1) is 17.3. The van der Waals surface area contributed by atoms with Crippen LogP contribution >= 0.6 is 0 Å². The maximum absolute atomic E-state index is 12.2. The smallest absolute Gasteiger partial charge is 0.315 e. The van der Waals surface area contributed by atoms with E-state index < -0.39 is 0 Å². The summed E-state index contributed by atoms with van der Waals surface area (Å²) in [6.45, 7) is 6.31. The Hall–Kier alpha value is -2.08. The van der Waals surface area contributed by atoms with Crippen molar-refractivity contribution in [1.29, 1.82) is 0 Å². The summed E-state index contributed by atoms with van der Waals surface area (Å²) >= 11 is 0. The summed E-state index contributed by atoms with van der Waals surface area (Å²) in [7, 11) is 0. The summed E-state index contributed by atoms with van der Waals surface area (Å²) in [5.74, 6) is 0.00718. The van der Waals surface area contributed by atoms with Crippen molar-refractivity contribution in [3.05, 3.63) is 29.3 Å². The van der Waals surface area contributed by atoms with E-state index in [4.69, 9.17) is 5.11 Å². The van der Waals surface area contributed by atoms with Gasteiger partial charge < -0.3 is 20.6 Å². The zero-order valence-electron chi connectivity index (χ0n) is 13.9. The van der Waals surface area contributed by atoms with E-state index in [1.807, 2.05) is 39.0 Å². The van der Waals surface area contributed by atoms with Crippen LogP contribution in [-0.2, 0) is 4.79 Å². The average molecular weight is 319 g/mol. The lowest BCUT2D eigenvalue weighted by atomic mass is 10.1. The highest BCUT2D eigenvalue weighted by atomic mass is 16.3. The number of aryl methyl sites for hydroxylation is 2. The highest BCUT2D eigenvalue weighted by molar-refractivity contribution is 5.96. The van der Waals surface area contributed by atoms with Gasteiger partial charge in [0.2, 0.25) is 5.91 Å². The third-order valence-electron chi connectivity index (χ3n) is 4.31. The third kappa shape index (κ3) is 4.22. The van der Waals surface area contributed by atoms with Gasteiger partial charge in [-0.1, -0.05) is 13.0 Å². The first-order valence-corrected chi connectivity index (χ1v) is 8.00. The van der Waals surface area contributed by atoms with Crippen LogP contribution in [0.1, 0.15) is 30.9 Å². The Balaban J connectivity index is 1.97. The summed E-state index contributed by atoms with van der Waals surface area (Å²) < 4.78 is 0. The number of carbonyl (C=O) groups excluding carboxylic acids is 2. The molecule has 0 radical (unpaired) electrons. The Labute approximate surface area is 136 Å². The Morgan fingerprint density at radius 1 is 1.39 bits per heavy atom. The number of hydrogen-bond donors (Lipinski definition) is 3. The van der Waals surface area contributed by atoms with Gasteiger partial charge in [0, 0.05) is 18.7 Å². The Morgan fingerprint density at radius 2 is 2.13 bits per heavy atom. The fourth-order valence-electron chi connectivity index (χ4n) is 2.64. The molecule has 1 aliphatic heterocycles. The van der Waals surface area contributed by atoms with Crippen LogP contribution in [0.4, 0.5) is 10.5 Å². The number of nitrogens with one attached hydrogen (secondary N) is 2. The Kier molecular flexibility index (Phi) is 5.60. The number of rotatable bonds is 5. The van der Waals surface area contributed by atoms with Gasteiger partial charge in [0.15, 0.2) is 0 Å². The van der Waals surface area contributed by atoms with Crippen LogP contribution in [0.5, 0.6) is 0 Å². The lowest BCUT2D eigenvalue weighted by Gasteiger charge is -2.19. The fraction of sp³-hybridized carbons (Fsp3) is 0.529. The van der Waals surface area contributed by atoms with Gasteiger partial charge in [-0.3, -0.25) is 4.79 Å². The fourth-order valence-corrected chi connectivity index (χ4v) is 2.64. The van der Waals surface area contributed by atoms with E-state index in [0.29, 0.717) is 13.0 Å². The van der Waals surface area contributed by atoms with Crippen LogP contribution in [-0.4, -0.2) is 42.3 Å². The molecule has 0 aliphatic carbocycles. The molecule has 1 saturated heterocycles. The van der Waals surface area contributed by atoms with E-state index in [9.17, 15) is 9.59 Å². The zero-order valence-corrected chi connectivity index (χ0v) is 13.9.